The van der Waals surface area contributed by atoms with E-state index in [4.69, 9.17) is 10.6 Å². The molecule has 21 nitrogen and oxygen atoms in total. The van der Waals surface area contributed by atoms with Crippen LogP contribution in [0.1, 0.15) is 35.6 Å². The predicted octanol–water partition coefficient (Wildman–Crippen LogP) is -1.65. The highest BCUT2D eigenvalue weighted by atomic mass is 32.2. The van der Waals surface area contributed by atoms with Gasteiger partial charge in [-0.2, -0.15) is 13.1 Å². The summed E-state index contributed by atoms with van der Waals surface area (Å²) in [4.78, 5) is 74.5. The van der Waals surface area contributed by atoms with E-state index in [0.717, 1.165) is 43.6 Å². The lowest BCUT2D eigenvalue weighted by atomic mass is 9.98. The highest BCUT2D eigenvalue weighted by Gasteiger charge is 2.54. The molecule has 3 aromatic rings. The van der Waals surface area contributed by atoms with E-state index in [-0.39, 0.29) is 38.8 Å². The van der Waals surface area contributed by atoms with E-state index in [1.54, 1.807) is 0 Å². The van der Waals surface area contributed by atoms with Gasteiger partial charge in [-0.1, -0.05) is 5.16 Å². The van der Waals surface area contributed by atoms with Crippen LogP contribution in [0.3, 0.4) is 0 Å². The quantitative estimate of drug-likeness (QED) is 0.0324. The Hall–Kier alpha value is -5.81. The van der Waals surface area contributed by atoms with Crippen molar-refractivity contribution in [2.75, 3.05) is 17.6 Å². The van der Waals surface area contributed by atoms with Crippen molar-refractivity contribution in [2.45, 2.75) is 38.1 Å². The summed E-state index contributed by atoms with van der Waals surface area (Å²) in [5, 5.41) is 40.8. The third-order valence-corrected chi connectivity index (χ3v) is 8.22. The fourth-order valence-electron chi connectivity index (χ4n) is 3.97. The van der Waals surface area contributed by atoms with Gasteiger partial charge in [0.25, 0.3) is 17.7 Å². The number of carboxylic acids is 1. The number of nitrogens with one attached hydrogen (secondary N) is 3. The maximum atomic E-state index is 13.2. The van der Waals surface area contributed by atoms with Crippen molar-refractivity contribution in [1.29, 1.82) is 0 Å². The van der Waals surface area contributed by atoms with Crippen molar-refractivity contribution in [2.24, 2.45) is 5.16 Å². The van der Waals surface area contributed by atoms with Gasteiger partial charge >= 0.3 is 16.3 Å². The Morgan fingerprint density at radius 3 is 2.52 bits per heavy atom. The fourth-order valence-corrected chi connectivity index (χ4v) is 5.40. The van der Waals surface area contributed by atoms with Crippen LogP contribution in [0.25, 0.3) is 0 Å². The molecule has 1 fully saturated rings. The summed E-state index contributed by atoms with van der Waals surface area (Å²) < 4.78 is 34.1. The largest absolute Gasteiger partial charge is 0.503 e. The van der Waals surface area contributed by atoms with Gasteiger partial charge in [0, 0.05) is 24.2 Å². The van der Waals surface area contributed by atoms with Gasteiger partial charge in [0.2, 0.25) is 11.0 Å². The molecule has 3 aromatic heterocycles. The van der Waals surface area contributed by atoms with Gasteiger partial charge in [-0.3, -0.25) is 23.7 Å². The number of oxime groups is 1. The number of hydrogen-bond donors (Lipinski definition) is 8. The number of aliphatic carboxylic acids is 1. The molecule has 1 saturated heterocycles. The number of thiazole rings is 1. The van der Waals surface area contributed by atoms with E-state index >= 15 is 0 Å². The molecule has 1 aliphatic rings. The molecule has 9 N–H and O–H groups in total. The second kappa shape index (κ2) is 13.5. The zero-order valence-electron chi connectivity index (χ0n) is 24.7. The van der Waals surface area contributed by atoms with Crippen molar-refractivity contribution in [3.8, 4) is 5.75 Å². The number of β-lactam (4-membered cyclic amide) rings is 1. The number of carboxylic acid groups (broad SMARTS) is 1. The molecule has 0 aliphatic carbocycles. The Morgan fingerprint density at radius 2 is 1.94 bits per heavy atom. The van der Waals surface area contributed by atoms with Crippen LogP contribution in [0.5, 0.6) is 5.75 Å². The first-order chi connectivity index (χ1) is 22.4. The zero-order chi connectivity index (χ0) is 35.6. The minimum Gasteiger partial charge on any atom is -0.503 e. The average Bonchev–Trinajstić information content (AvgIpc) is 3.43. The van der Waals surface area contributed by atoms with Crippen LogP contribution in [0.2, 0.25) is 0 Å². The number of carbonyl (C=O) groups is 4. The molecule has 0 saturated carbocycles. The van der Waals surface area contributed by atoms with E-state index in [2.05, 4.69) is 31.1 Å². The highest BCUT2D eigenvalue weighted by Crippen LogP contribution is 2.25. The smallest absolute Gasteiger partial charge is 0.362 e. The molecule has 23 heteroatoms. The molecule has 1 aliphatic heterocycles. The first kappa shape index (κ1) is 35.1. The van der Waals surface area contributed by atoms with Gasteiger partial charge in [-0.15, -0.1) is 11.3 Å². The van der Waals surface area contributed by atoms with Crippen molar-refractivity contribution in [3.63, 3.8) is 0 Å². The Labute approximate surface area is 273 Å². The molecule has 0 unspecified atom stereocenters. The molecule has 0 spiro atoms. The van der Waals surface area contributed by atoms with Gasteiger partial charge < -0.3 is 41.9 Å². The summed E-state index contributed by atoms with van der Waals surface area (Å²) >= 11 is 0.919. The summed E-state index contributed by atoms with van der Waals surface area (Å²) in [6, 6.07) is 0.617. The number of anilines is 2. The summed E-state index contributed by atoms with van der Waals surface area (Å²) in [5.74, 6) is -5.00. The second-order valence-corrected chi connectivity index (χ2v) is 12.6. The third-order valence-electron chi connectivity index (χ3n) is 6.60. The van der Waals surface area contributed by atoms with E-state index < -0.39 is 75.1 Å². The molecule has 48 heavy (non-hydrogen) atoms. The van der Waals surface area contributed by atoms with Crippen LogP contribution < -0.4 is 27.1 Å². The van der Waals surface area contributed by atoms with Crippen LogP contribution in [-0.2, 0) is 36.1 Å². The van der Waals surface area contributed by atoms with E-state index in [1.165, 1.54) is 17.5 Å². The van der Waals surface area contributed by atoms with Crippen molar-refractivity contribution < 1.29 is 52.4 Å². The third kappa shape index (κ3) is 7.76. The lowest BCUT2D eigenvalue weighted by molar-refractivity contribution is -0.161. The SMILES string of the molecule is CC(C)(ON=C(C(=O)N[C@@H]1C(=O)N(S(=O)(=O)O)[C@H]1CNc1ccc(C(=O)NCc2cc(=O)c(O)cn2O)cn1)c1csc(N)n1)C(=O)O. The number of rotatable bonds is 13. The zero-order valence-corrected chi connectivity index (χ0v) is 26.4. The fraction of sp³-hybridized carbons (Fsp3) is 0.280. The number of hydrogen-bond acceptors (Lipinski definition) is 16. The van der Waals surface area contributed by atoms with Gasteiger partial charge in [0.1, 0.15) is 17.6 Å². The number of nitrogens with two attached hydrogens (primary N) is 1. The second-order valence-electron chi connectivity index (χ2n) is 10.4. The molecule has 3 amide bonds. The van der Waals surface area contributed by atoms with Crippen molar-refractivity contribution in [3.05, 3.63) is 63.1 Å². The lowest BCUT2D eigenvalue weighted by Crippen LogP contribution is -2.74. The van der Waals surface area contributed by atoms with Crippen molar-refractivity contribution >= 4 is 62.0 Å². The first-order valence-electron chi connectivity index (χ1n) is 13.3. The van der Waals surface area contributed by atoms with Gasteiger partial charge in [0.05, 0.1) is 30.0 Å². The molecule has 2 atom stereocenters. The van der Waals surface area contributed by atoms with Crippen LogP contribution in [0.4, 0.5) is 10.9 Å². The summed E-state index contributed by atoms with van der Waals surface area (Å²) in [6.45, 7) is 1.63. The first-order valence-corrected chi connectivity index (χ1v) is 15.6. The van der Waals surface area contributed by atoms with Crippen LogP contribution >= 0.6 is 11.3 Å². The summed E-state index contributed by atoms with van der Waals surface area (Å²) in [5.41, 5.74) is 2.29. The van der Waals surface area contributed by atoms with Gasteiger partial charge in [0.15, 0.2) is 16.6 Å². The minimum absolute atomic E-state index is 0.0202. The normalized spacial score (nSPS) is 16.5. The van der Waals surface area contributed by atoms with Gasteiger partial charge in [-0.25, -0.2) is 19.1 Å². The average molecular weight is 710 g/mol. The standard InChI is InChI=1S/C25H27N9O12S2/c1-25(2,23(40)41)46-32-18(13-10-47-24(26)30-13)21(38)31-19-14(34(22(19)39)48(43,44)45)8-28-17-4-3-11(6-27-17)20(37)29-7-12-5-15(35)16(36)9-33(12)42/h3-6,9-10,14,19,36,42H,7-8H2,1-2H3,(H2,26,30)(H,27,28)(H,29,37)(H,31,38)(H,40,41)(H,43,44,45)/t14-,19-/m0/s1. The van der Waals surface area contributed by atoms with E-state index in [9.17, 15) is 52.4 Å². The molecule has 4 heterocycles. The summed E-state index contributed by atoms with van der Waals surface area (Å²) in [7, 11) is -5.08. The van der Waals surface area contributed by atoms with E-state index in [0.29, 0.717) is 4.73 Å². The Kier molecular flexibility index (Phi) is 9.86. The molecule has 4 rings (SSSR count). The Morgan fingerprint density at radius 1 is 1.23 bits per heavy atom. The minimum atomic E-state index is -5.08. The molecule has 256 valence electrons. The van der Waals surface area contributed by atoms with Crippen molar-refractivity contribution in [1.82, 2.24) is 29.6 Å². The molecule has 0 aromatic carbocycles. The summed E-state index contributed by atoms with van der Waals surface area (Å²) in [6.07, 6.45) is 1.90. The monoisotopic (exact) mass is 709 g/mol. The molecule has 0 bridgehead atoms. The Balaban J connectivity index is 1.45. The van der Waals surface area contributed by atoms with Crippen LogP contribution in [0.15, 0.2) is 45.9 Å². The molecular weight excluding hydrogens is 682 g/mol. The van der Waals surface area contributed by atoms with Crippen LogP contribution in [0, 0.1) is 0 Å². The molecular formula is C25H27N9O12S2. The lowest BCUT2D eigenvalue weighted by Gasteiger charge is -2.44. The topological polar surface area (TPSA) is 318 Å². The molecule has 0 radical (unpaired) electrons. The highest BCUT2D eigenvalue weighted by molar-refractivity contribution is 7.84. The maximum Gasteiger partial charge on any atom is 0.362 e. The number of aromatic hydroxyl groups is 1. The number of nitrogens with zero attached hydrogens (tertiary/aromatic N) is 5. The van der Waals surface area contributed by atoms with Crippen LogP contribution in [-0.4, -0.2) is 101 Å². The number of aromatic nitrogens is 3. The Bertz CT molecular complexity index is 1960. The number of carbonyl (C=O) groups excluding carboxylic acids is 3. The number of pyridine rings is 2. The number of nitrogen functional groups attached to an aromatic ring is 1. The van der Waals surface area contributed by atoms with E-state index in [1.807, 2.05) is 0 Å². The van der Waals surface area contributed by atoms with Gasteiger partial charge in [-0.05, 0) is 26.0 Å². The predicted molar refractivity (Wildman–Crippen MR) is 163 cm³/mol. The number of amides is 3. The maximum absolute atomic E-state index is 13.2.